The number of unbranched alkanes of at least 4 members (excludes halogenated alkanes) is 5. The molecule has 0 radical (unpaired) electrons. The predicted octanol–water partition coefficient (Wildman–Crippen LogP) is 3.34. The molecule has 0 atom stereocenters. The summed E-state index contributed by atoms with van der Waals surface area (Å²) in [6.45, 7) is 14.4. The van der Waals surface area contributed by atoms with Gasteiger partial charge in [0, 0.05) is 19.4 Å². The Labute approximate surface area is 317 Å². The van der Waals surface area contributed by atoms with E-state index in [1.165, 1.54) is 25.7 Å². The molecule has 0 heterocycles. The van der Waals surface area contributed by atoms with Crippen LogP contribution in [-0.2, 0) is 71.2 Å². The van der Waals surface area contributed by atoms with Crippen molar-refractivity contribution in [1.29, 1.82) is 0 Å². The summed E-state index contributed by atoms with van der Waals surface area (Å²) in [5.74, 6) is -1.21. The molecule has 0 aromatic heterocycles. The van der Waals surface area contributed by atoms with Gasteiger partial charge >= 0.3 is 11.9 Å². The summed E-state index contributed by atoms with van der Waals surface area (Å²) < 4.78 is 70.7. The van der Waals surface area contributed by atoms with Crippen LogP contribution < -0.4 is 0 Å². The minimum absolute atomic E-state index is 0.0596. The molecule has 0 aliphatic heterocycles. The zero-order valence-electron chi connectivity index (χ0n) is 32.6. The summed E-state index contributed by atoms with van der Waals surface area (Å²) in [5.41, 5.74) is 0. The van der Waals surface area contributed by atoms with Crippen LogP contribution in [0, 0.1) is 0 Å². The largest absolute Gasteiger partial charge is 0.481 e. The van der Waals surface area contributed by atoms with Gasteiger partial charge in [-0.1, -0.05) is 32.6 Å². The van der Waals surface area contributed by atoms with Crippen molar-refractivity contribution in [3.8, 4) is 0 Å². The van der Waals surface area contributed by atoms with E-state index >= 15 is 0 Å². The number of carbonyl (C=O) groups is 2. The zero-order chi connectivity index (χ0) is 38.4. The lowest BCUT2D eigenvalue weighted by atomic mass is 10.2. The lowest BCUT2D eigenvalue weighted by Gasteiger charge is -2.09. The van der Waals surface area contributed by atoms with E-state index in [4.69, 9.17) is 66.7 Å². The number of carboxylic acid groups (broad SMARTS) is 1. The fourth-order valence-electron chi connectivity index (χ4n) is 4.16. The minimum atomic E-state index is -0.863. The lowest BCUT2D eigenvalue weighted by Crippen LogP contribution is -2.15. The van der Waals surface area contributed by atoms with Crippen LogP contribution in [0.1, 0.15) is 64.7 Å². The maximum atomic E-state index is 11.5. The maximum absolute atomic E-state index is 11.5. The molecule has 0 spiro atoms. The standard InChI is InChI=1S/C37H72O16/c1-2-3-4-5-8-11-41-12-13-42-14-15-43-16-17-44-18-19-45-20-21-46-22-23-47-24-25-48-26-27-49-28-29-50-30-31-51-32-33-52-34-35-53-37(40)10-7-6-9-36(38)39/h2-35H2,1H3,(H,38,39). The number of carbonyl (C=O) groups excluding carboxylic acids is 1. The Hall–Kier alpha value is -1.54. The first-order valence-electron chi connectivity index (χ1n) is 19.5. The molecule has 316 valence electrons. The van der Waals surface area contributed by atoms with E-state index < -0.39 is 5.97 Å². The molecule has 0 amide bonds. The first-order chi connectivity index (χ1) is 26.2. The molecule has 0 aromatic rings. The van der Waals surface area contributed by atoms with E-state index in [1.807, 2.05) is 0 Å². The fraction of sp³-hybridized carbons (Fsp3) is 0.946. The van der Waals surface area contributed by atoms with E-state index in [0.29, 0.717) is 158 Å². The number of hydrogen-bond acceptors (Lipinski definition) is 15. The number of hydrogen-bond donors (Lipinski definition) is 1. The predicted molar refractivity (Wildman–Crippen MR) is 196 cm³/mol. The van der Waals surface area contributed by atoms with Gasteiger partial charge in [-0.05, 0) is 19.3 Å². The van der Waals surface area contributed by atoms with Crippen LogP contribution in [0.15, 0.2) is 0 Å². The van der Waals surface area contributed by atoms with Gasteiger partial charge in [0.15, 0.2) is 0 Å². The molecule has 0 saturated heterocycles. The third-order valence-corrected chi connectivity index (χ3v) is 7.00. The number of ether oxygens (including phenoxy) is 13. The van der Waals surface area contributed by atoms with Gasteiger partial charge in [0.2, 0.25) is 0 Å². The van der Waals surface area contributed by atoms with Gasteiger partial charge in [-0.3, -0.25) is 9.59 Å². The van der Waals surface area contributed by atoms with Crippen LogP contribution in [0.5, 0.6) is 0 Å². The topological polar surface area (TPSA) is 174 Å². The molecule has 0 rings (SSSR count). The average Bonchev–Trinajstić information content (AvgIpc) is 3.15. The van der Waals surface area contributed by atoms with Gasteiger partial charge in [0.05, 0.1) is 152 Å². The highest BCUT2D eigenvalue weighted by atomic mass is 16.6. The Morgan fingerprint density at radius 3 is 0.887 bits per heavy atom. The van der Waals surface area contributed by atoms with Crippen molar-refractivity contribution in [3.05, 3.63) is 0 Å². The van der Waals surface area contributed by atoms with Crippen molar-refractivity contribution < 1.29 is 76.3 Å². The van der Waals surface area contributed by atoms with Gasteiger partial charge in [0.1, 0.15) is 6.61 Å². The van der Waals surface area contributed by atoms with Crippen LogP contribution in [0.25, 0.3) is 0 Å². The van der Waals surface area contributed by atoms with Crippen molar-refractivity contribution in [2.45, 2.75) is 64.7 Å². The van der Waals surface area contributed by atoms with Crippen LogP contribution >= 0.6 is 0 Å². The van der Waals surface area contributed by atoms with Crippen LogP contribution in [0.3, 0.4) is 0 Å². The molecule has 16 nitrogen and oxygen atoms in total. The Balaban J connectivity index is 3.09. The third-order valence-electron chi connectivity index (χ3n) is 7.00. The molecule has 53 heavy (non-hydrogen) atoms. The highest BCUT2D eigenvalue weighted by molar-refractivity contribution is 5.69. The first kappa shape index (κ1) is 51.5. The normalized spacial score (nSPS) is 11.4. The molecule has 0 bridgehead atoms. The Morgan fingerprint density at radius 1 is 0.321 bits per heavy atom. The quantitative estimate of drug-likeness (QED) is 0.0704. The second-order valence-electron chi connectivity index (χ2n) is 11.6. The second-order valence-corrected chi connectivity index (χ2v) is 11.6. The van der Waals surface area contributed by atoms with Gasteiger partial charge in [-0.25, -0.2) is 0 Å². The molecule has 0 unspecified atom stereocenters. The van der Waals surface area contributed by atoms with Crippen molar-refractivity contribution in [2.75, 3.05) is 165 Å². The molecule has 0 fully saturated rings. The smallest absolute Gasteiger partial charge is 0.305 e. The van der Waals surface area contributed by atoms with Crippen molar-refractivity contribution in [1.82, 2.24) is 0 Å². The molecular formula is C37H72O16. The minimum Gasteiger partial charge on any atom is -0.481 e. The van der Waals surface area contributed by atoms with E-state index in [0.717, 1.165) is 13.0 Å². The highest BCUT2D eigenvalue weighted by Crippen LogP contribution is 2.03. The fourth-order valence-corrected chi connectivity index (χ4v) is 4.16. The highest BCUT2D eigenvalue weighted by Gasteiger charge is 2.04. The number of esters is 1. The summed E-state index contributed by atoms with van der Waals surface area (Å²) in [7, 11) is 0. The number of aliphatic carboxylic acids is 1. The van der Waals surface area contributed by atoms with Gasteiger partial charge in [-0.15, -0.1) is 0 Å². The van der Waals surface area contributed by atoms with Crippen molar-refractivity contribution in [2.24, 2.45) is 0 Å². The lowest BCUT2D eigenvalue weighted by molar-refractivity contribution is -0.146. The van der Waals surface area contributed by atoms with Gasteiger partial charge in [-0.2, -0.15) is 0 Å². The molecular weight excluding hydrogens is 700 g/mol. The zero-order valence-corrected chi connectivity index (χ0v) is 32.6. The summed E-state index contributed by atoms with van der Waals surface area (Å²) in [6, 6.07) is 0. The van der Waals surface area contributed by atoms with Crippen LogP contribution in [-0.4, -0.2) is 182 Å². The first-order valence-corrected chi connectivity index (χ1v) is 19.5. The molecule has 16 heteroatoms. The second kappa shape index (κ2) is 46.6. The van der Waals surface area contributed by atoms with E-state index in [-0.39, 0.29) is 32.0 Å². The molecule has 0 saturated carbocycles. The third kappa shape index (κ3) is 48.4. The monoisotopic (exact) mass is 772 g/mol. The van der Waals surface area contributed by atoms with E-state index in [2.05, 4.69) is 6.92 Å². The Kier molecular flexibility index (Phi) is 45.3. The maximum Gasteiger partial charge on any atom is 0.305 e. The van der Waals surface area contributed by atoms with Crippen molar-refractivity contribution in [3.63, 3.8) is 0 Å². The molecule has 0 aliphatic rings. The Morgan fingerprint density at radius 2 is 0.585 bits per heavy atom. The SMILES string of the molecule is CCCCCCCOCCOCCOCCOCCOCCOCCOCCOCCOCCOCCOCCOCCOC(=O)CCCCC(=O)O. The summed E-state index contributed by atoms with van der Waals surface area (Å²) >= 11 is 0. The molecule has 0 aliphatic carbocycles. The van der Waals surface area contributed by atoms with E-state index in [1.54, 1.807) is 0 Å². The Bertz CT molecular complexity index is 733. The average molecular weight is 773 g/mol. The number of rotatable bonds is 47. The number of carboxylic acids is 1. The van der Waals surface area contributed by atoms with E-state index in [9.17, 15) is 9.59 Å². The van der Waals surface area contributed by atoms with Gasteiger partial charge < -0.3 is 66.7 Å². The van der Waals surface area contributed by atoms with Crippen molar-refractivity contribution >= 4 is 11.9 Å². The van der Waals surface area contributed by atoms with Gasteiger partial charge in [0.25, 0.3) is 0 Å². The molecule has 1 N–H and O–H groups in total. The van der Waals surface area contributed by atoms with Crippen LogP contribution in [0.2, 0.25) is 0 Å². The summed E-state index contributed by atoms with van der Waals surface area (Å²) in [6.07, 6.45) is 7.48. The van der Waals surface area contributed by atoms with Crippen LogP contribution in [0.4, 0.5) is 0 Å². The molecule has 0 aromatic carbocycles. The summed E-state index contributed by atoms with van der Waals surface area (Å²) in [5, 5.41) is 8.56. The summed E-state index contributed by atoms with van der Waals surface area (Å²) in [4.78, 5) is 21.9.